The van der Waals surface area contributed by atoms with E-state index in [-0.39, 0.29) is 10.8 Å². The molecule has 6 nitrogen and oxygen atoms in total. The maximum Gasteiger partial charge on any atom is 0.261 e. The van der Waals surface area contributed by atoms with Gasteiger partial charge in [-0.25, -0.2) is 8.42 Å². The molecule has 0 aliphatic heterocycles. The average molecular weight is 545 g/mol. The predicted octanol–water partition coefficient (Wildman–Crippen LogP) is 6.54. The lowest BCUT2D eigenvalue weighted by atomic mass is 10.1. The molecule has 2 N–H and O–H groups in total. The molecule has 0 aliphatic carbocycles. The Morgan fingerprint density at radius 2 is 1.71 bits per heavy atom. The number of carbonyl (C=O) groups is 1. The van der Waals surface area contributed by atoms with Crippen LogP contribution in [0.3, 0.4) is 0 Å². The highest BCUT2D eigenvalue weighted by Crippen LogP contribution is 2.27. The van der Waals surface area contributed by atoms with Crippen molar-refractivity contribution in [3.05, 3.63) is 81.8 Å². The average Bonchev–Trinajstić information content (AvgIpc) is 2.77. The molecule has 34 heavy (non-hydrogen) atoms. The lowest BCUT2D eigenvalue weighted by molar-refractivity contribution is 0.102. The van der Waals surface area contributed by atoms with Crippen LogP contribution in [0.5, 0.6) is 5.75 Å². The Morgan fingerprint density at radius 1 is 1.00 bits per heavy atom. The summed E-state index contributed by atoms with van der Waals surface area (Å²) in [4.78, 5) is 12.8. The van der Waals surface area contributed by atoms with Gasteiger partial charge in [-0.05, 0) is 96.2 Å². The molecule has 0 spiro atoms. The molecule has 0 aromatic heterocycles. The molecule has 1 amide bonds. The van der Waals surface area contributed by atoms with Gasteiger partial charge in [-0.2, -0.15) is 0 Å². The quantitative estimate of drug-likeness (QED) is 0.320. The number of amides is 1. The van der Waals surface area contributed by atoms with E-state index in [0.29, 0.717) is 39.7 Å². The monoisotopic (exact) mass is 544 g/mol. The topological polar surface area (TPSA) is 84.5 Å². The second-order valence-corrected chi connectivity index (χ2v) is 11.1. The van der Waals surface area contributed by atoms with Crippen molar-refractivity contribution in [2.24, 2.45) is 5.92 Å². The molecule has 3 aromatic carbocycles. The fourth-order valence-corrected chi connectivity index (χ4v) is 4.84. The van der Waals surface area contributed by atoms with Gasteiger partial charge in [0.15, 0.2) is 0 Å². The summed E-state index contributed by atoms with van der Waals surface area (Å²) in [6.07, 6.45) is 0.945. The summed E-state index contributed by atoms with van der Waals surface area (Å²) >= 11 is 3.46. The second kappa shape index (κ2) is 11.1. The number of halogens is 1. The van der Waals surface area contributed by atoms with Gasteiger partial charge >= 0.3 is 0 Å². The van der Waals surface area contributed by atoms with Crippen LogP contribution in [0.1, 0.15) is 41.8 Å². The summed E-state index contributed by atoms with van der Waals surface area (Å²) in [5.41, 5.74) is 3.38. The van der Waals surface area contributed by atoms with Crippen molar-refractivity contribution in [1.82, 2.24) is 0 Å². The van der Waals surface area contributed by atoms with Crippen molar-refractivity contribution in [2.45, 2.75) is 39.0 Å². The fraction of sp³-hybridized carbons (Fsp3) is 0.269. The molecule has 3 rings (SSSR count). The van der Waals surface area contributed by atoms with Crippen LogP contribution in [-0.2, 0) is 10.0 Å². The highest BCUT2D eigenvalue weighted by molar-refractivity contribution is 9.10. The molecule has 3 aromatic rings. The number of nitrogens with one attached hydrogen (secondary N) is 2. The van der Waals surface area contributed by atoms with E-state index >= 15 is 0 Å². The van der Waals surface area contributed by atoms with Crippen molar-refractivity contribution in [1.29, 1.82) is 0 Å². The van der Waals surface area contributed by atoms with Crippen LogP contribution in [-0.4, -0.2) is 20.9 Å². The molecular formula is C26H29BrN2O4S. The van der Waals surface area contributed by atoms with Gasteiger partial charge in [0.05, 0.1) is 21.7 Å². The molecule has 0 radical (unpaired) electrons. The minimum absolute atomic E-state index is 0.108. The van der Waals surface area contributed by atoms with Gasteiger partial charge in [-0.1, -0.05) is 31.5 Å². The van der Waals surface area contributed by atoms with Gasteiger partial charge in [0, 0.05) is 11.3 Å². The number of sulfonamides is 1. The van der Waals surface area contributed by atoms with Gasteiger partial charge in [-0.15, -0.1) is 0 Å². The van der Waals surface area contributed by atoms with Crippen LogP contribution in [0.25, 0.3) is 0 Å². The van der Waals surface area contributed by atoms with Crippen LogP contribution < -0.4 is 14.8 Å². The smallest absolute Gasteiger partial charge is 0.261 e. The standard InChI is InChI=1S/C26H29BrN2O4S/c1-17(2)13-14-33-25-12-6-20(16-23(25)27)26(30)28-21-7-9-22(10-8-21)34(31,32)29-24-11-5-18(3)15-19(24)4/h5-12,15-17,29H,13-14H2,1-4H3,(H,28,30). The minimum atomic E-state index is -3.75. The summed E-state index contributed by atoms with van der Waals surface area (Å²) in [7, 11) is -3.75. The summed E-state index contributed by atoms with van der Waals surface area (Å²) in [5.74, 6) is 0.925. The van der Waals surface area contributed by atoms with Crippen LogP contribution in [0, 0.1) is 19.8 Å². The number of hydrogen-bond acceptors (Lipinski definition) is 4. The predicted molar refractivity (Wildman–Crippen MR) is 140 cm³/mol. The van der Waals surface area contributed by atoms with E-state index in [0.717, 1.165) is 17.5 Å². The van der Waals surface area contributed by atoms with Crippen molar-refractivity contribution >= 4 is 43.2 Å². The van der Waals surface area contributed by atoms with E-state index in [1.165, 1.54) is 12.1 Å². The van der Waals surface area contributed by atoms with E-state index in [2.05, 4.69) is 39.8 Å². The SMILES string of the molecule is Cc1ccc(NS(=O)(=O)c2ccc(NC(=O)c3ccc(OCCC(C)C)c(Br)c3)cc2)c(C)c1. The highest BCUT2D eigenvalue weighted by atomic mass is 79.9. The molecule has 0 unspecified atom stereocenters. The first-order chi connectivity index (χ1) is 16.0. The van der Waals surface area contributed by atoms with E-state index in [9.17, 15) is 13.2 Å². The molecule has 0 saturated carbocycles. The lowest BCUT2D eigenvalue weighted by Gasteiger charge is -2.12. The Hall–Kier alpha value is -2.84. The minimum Gasteiger partial charge on any atom is -0.492 e. The summed E-state index contributed by atoms with van der Waals surface area (Å²) in [6.45, 7) is 8.68. The Kier molecular flexibility index (Phi) is 8.38. The number of hydrogen-bond donors (Lipinski definition) is 2. The third-order valence-corrected chi connectivity index (χ3v) is 7.20. The van der Waals surface area contributed by atoms with E-state index in [4.69, 9.17) is 4.74 Å². The molecule has 0 atom stereocenters. The fourth-order valence-electron chi connectivity index (χ4n) is 3.22. The Morgan fingerprint density at radius 3 is 2.32 bits per heavy atom. The van der Waals surface area contributed by atoms with Crippen molar-refractivity contribution in [2.75, 3.05) is 16.6 Å². The van der Waals surface area contributed by atoms with Gasteiger partial charge in [0.25, 0.3) is 15.9 Å². The second-order valence-electron chi connectivity index (χ2n) is 8.58. The first-order valence-corrected chi connectivity index (χ1v) is 13.3. The number of carbonyl (C=O) groups excluding carboxylic acids is 1. The van der Waals surface area contributed by atoms with Gasteiger partial charge in [-0.3, -0.25) is 9.52 Å². The molecule has 0 heterocycles. The first kappa shape index (κ1) is 25.8. The first-order valence-electron chi connectivity index (χ1n) is 11.0. The molecule has 0 saturated heterocycles. The zero-order chi connectivity index (χ0) is 24.9. The van der Waals surface area contributed by atoms with Gasteiger partial charge in [0.1, 0.15) is 5.75 Å². The van der Waals surface area contributed by atoms with Crippen molar-refractivity contribution in [3.8, 4) is 5.75 Å². The Balaban J connectivity index is 1.65. The highest BCUT2D eigenvalue weighted by Gasteiger charge is 2.16. The van der Waals surface area contributed by atoms with Crippen LogP contribution in [0.4, 0.5) is 11.4 Å². The summed E-state index contributed by atoms with van der Waals surface area (Å²) in [6, 6.07) is 16.7. The van der Waals surface area contributed by atoms with Gasteiger partial charge < -0.3 is 10.1 Å². The number of rotatable bonds is 9. The molecule has 0 fully saturated rings. The van der Waals surface area contributed by atoms with E-state index in [1.807, 2.05) is 26.0 Å². The maximum absolute atomic E-state index is 12.8. The largest absolute Gasteiger partial charge is 0.492 e. The number of benzene rings is 3. The number of anilines is 2. The molecular weight excluding hydrogens is 516 g/mol. The maximum atomic E-state index is 12.8. The summed E-state index contributed by atoms with van der Waals surface area (Å²) in [5, 5.41) is 2.79. The molecule has 0 bridgehead atoms. The molecule has 180 valence electrons. The molecule has 8 heteroatoms. The van der Waals surface area contributed by atoms with Crippen LogP contribution in [0.2, 0.25) is 0 Å². The normalized spacial score (nSPS) is 11.4. The van der Waals surface area contributed by atoms with E-state index in [1.54, 1.807) is 36.4 Å². The van der Waals surface area contributed by atoms with Crippen molar-refractivity contribution < 1.29 is 17.9 Å². The Bertz CT molecular complexity index is 1270. The van der Waals surface area contributed by atoms with Crippen LogP contribution in [0.15, 0.2) is 70.0 Å². The zero-order valence-corrected chi connectivity index (χ0v) is 22.1. The molecule has 0 aliphatic rings. The lowest BCUT2D eigenvalue weighted by Crippen LogP contribution is -2.15. The third kappa shape index (κ3) is 6.84. The van der Waals surface area contributed by atoms with Crippen molar-refractivity contribution in [3.63, 3.8) is 0 Å². The summed E-state index contributed by atoms with van der Waals surface area (Å²) < 4.78 is 34.6. The third-order valence-electron chi connectivity index (χ3n) is 5.20. The Labute approximate surface area is 209 Å². The van der Waals surface area contributed by atoms with E-state index < -0.39 is 10.0 Å². The van der Waals surface area contributed by atoms with Crippen LogP contribution >= 0.6 is 15.9 Å². The number of aryl methyl sites for hydroxylation is 2. The number of ether oxygens (including phenoxy) is 1. The zero-order valence-electron chi connectivity index (χ0n) is 19.7. The van der Waals surface area contributed by atoms with Gasteiger partial charge in [0.2, 0.25) is 0 Å².